The van der Waals surface area contributed by atoms with E-state index in [1.807, 2.05) is 13.8 Å². The van der Waals surface area contributed by atoms with E-state index >= 15 is 0 Å². The van der Waals surface area contributed by atoms with Crippen molar-refractivity contribution in [1.82, 2.24) is 14.5 Å². The first-order valence-electron chi connectivity index (χ1n) is 9.14. The summed E-state index contributed by atoms with van der Waals surface area (Å²) in [6.45, 7) is 5.93. The first-order valence-corrected chi connectivity index (χ1v) is 9.14. The highest BCUT2D eigenvalue weighted by molar-refractivity contribution is 5.90. The maximum atomic E-state index is 14.4. The van der Waals surface area contributed by atoms with Gasteiger partial charge >= 0.3 is 0 Å². The van der Waals surface area contributed by atoms with Crippen molar-refractivity contribution in [1.29, 1.82) is 0 Å². The summed E-state index contributed by atoms with van der Waals surface area (Å²) in [6, 6.07) is 4.70. The van der Waals surface area contributed by atoms with Gasteiger partial charge in [0.15, 0.2) is 17.2 Å². The van der Waals surface area contributed by atoms with E-state index in [0.29, 0.717) is 41.0 Å². The Kier molecular flexibility index (Phi) is 5.74. The van der Waals surface area contributed by atoms with Crippen molar-refractivity contribution < 1.29 is 13.9 Å². The van der Waals surface area contributed by atoms with Gasteiger partial charge in [0.05, 0.1) is 19.8 Å². The fraction of sp³-hybridized carbons (Fsp3) is 0.381. The second-order valence-electron chi connectivity index (χ2n) is 6.72. The summed E-state index contributed by atoms with van der Waals surface area (Å²) in [5.41, 5.74) is 3.43. The molecule has 0 N–H and O–H groups in total. The summed E-state index contributed by atoms with van der Waals surface area (Å²) < 4.78 is 26.4. The normalized spacial score (nSPS) is 12.4. The average Bonchev–Trinajstić information content (AvgIpc) is 2.69. The van der Waals surface area contributed by atoms with Gasteiger partial charge in [0.25, 0.3) is 5.56 Å². The highest BCUT2D eigenvalue weighted by Crippen LogP contribution is 2.33. The number of aryl methyl sites for hydroxylation is 2. The molecule has 3 aromatic rings. The maximum Gasteiger partial charge on any atom is 0.273 e. The molecule has 1 atom stereocenters. The summed E-state index contributed by atoms with van der Waals surface area (Å²) in [7, 11) is 3.04. The van der Waals surface area contributed by atoms with Crippen LogP contribution >= 0.6 is 0 Å². The van der Waals surface area contributed by atoms with E-state index in [4.69, 9.17) is 9.47 Å². The Morgan fingerprint density at radius 1 is 1.21 bits per heavy atom. The van der Waals surface area contributed by atoms with Crippen LogP contribution in [0.2, 0.25) is 0 Å². The summed E-state index contributed by atoms with van der Waals surface area (Å²) >= 11 is 0. The number of fused-ring (bicyclic) bond motifs is 1. The van der Waals surface area contributed by atoms with Gasteiger partial charge < -0.3 is 9.47 Å². The molecule has 6 nitrogen and oxygen atoms in total. The first kappa shape index (κ1) is 19.9. The molecule has 0 spiro atoms. The monoisotopic (exact) mass is 385 g/mol. The van der Waals surface area contributed by atoms with Crippen molar-refractivity contribution in [3.63, 3.8) is 0 Å². The molecular weight excluding hydrogens is 361 g/mol. The van der Waals surface area contributed by atoms with Crippen molar-refractivity contribution in [2.45, 2.75) is 33.2 Å². The van der Waals surface area contributed by atoms with Crippen molar-refractivity contribution >= 4 is 11.2 Å². The second-order valence-corrected chi connectivity index (χ2v) is 6.72. The molecule has 148 valence electrons. The van der Waals surface area contributed by atoms with Gasteiger partial charge in [0, 0.05) is 18.9 Å². The van der Waals surface area contributed by atoms with E-state index in [-0.39, 0.29) is 17.4 Å². The Hall–Kier alpha value is -2.80. The van der Waals surface area contributed by atoms with Gasteiger partial charge in [-0.3, -0.25) is 9.36 Å². The van der Waals surface area contributed by atoms with Gasteiger partial charge in [-0.2, -0.15) is 0 Å². The minimum atomic E-state index is -0.455. The van der Waals surface area contributed by atoms with Crippen LogP contribution in [-0.2, 0) is 4.74 Å². The third kappa shape index (κ3) is 3.38. The summed E-state index contributed by atoms with van der Waals surface area (Å²) in [5.74, 6) is -0.268. The Morgan fingerprint density at radius 2 is 1.96 bits per heavy atom. The molecule has 1 aromatic carbocycles. The van der Waals surface area contributed by atoms with Gasteiger partial charge in [0.2, 0.25) is 0 Å². The lowest BCUT2D eigenvalue weighted by molar-refractivity contribution is 0.153. The Bertz CT molecular complexity index is 1080. The Labute approximate surface area is 163 Å². The molecule has 0 radical (unpaired) electrons. The maximum absolute atomic E-state index is 14.4. The van der Waals surface area contributed by atoms with Gasteiger partial charge in [0.1, 0.15) is 11.2 Å². The van der Waals surface area contributed by atoms with Crippen LogP contribution in [-0.4, -0.2) is 35.4 Å². The lowest BCUT2D eigenvalue weighted by Crippen LogP contribution is -2.30. The number of methoxy groups -OCH3 is 2. The quantitative estimate of drug-likeness (QED) is 0.645. The average molecular weight is 385 g/mol. The Morgan fingerprint density at radius 3 is 2.61 bits per heavy atom. The van der Waals surface area contributed by atoms with E-state index < -0.39 is 5.82 Å². The van der Waals surface area contributed by atoms with Gasteiger partial charge in [-0.1, -0.05) is 6.92 Å². The molecule has 3 rings (SSSR count). The largest absolute Gasteiger partial charge is 0.494 e. The van der Waals surface area contributed by atoms with Crippen LogP contribution < -0.4 is 10.3 Å². The van der Waals surface area contributed by atoms with E-state index in [9.17, 15) is 9.18 Å². The number of halogens is 1. The lowest BCUT2D eigenvalue weighted by atomic mass is 9.99. The Balaban J connectivity index is 2.35. The fourth-order valence-electron chi connectivity index (χ4n) is 3.44. The molecule has 0 saturated carbocycles. The van der Waals surface area contributed by atoms with Gasteiger partial charge in [-0.25, -0.2) is 14.4 Å². The van der Waals surface area contributed by atoms with E-state index in [1.165, 1.54) is 13.2 Å². The predicted molar refractivity (Wildman–Crippen MR) is 106 cm³/mol. The summed E-state index contributed by atoms with van der Waals surface area (Å²) in [5, 5.41) is 0. The van der Waals surface area contributed by atoms with Crippen LogP contribution in [0.4, 0.5) is 4.39 Å². The van der Waals surface area contributed by atoms with Crippen LogP contribution in [0, 0.1) is 19.7 Å². The molecule has 0 aliphatic heterocycles. The molecule has 0 unspecified atom stereocenters. The van der Waals surface area contributed by atoms with Crippen molar-refractivity contribution in [2.24, 2.45) is 0 Å². The van der Waals surface area contributed by atoms with Crippen molar-refractivity contribution in [3.05, 3.63) is 51.8 Å². The zero-order valence-electron chi connectivity index (χ0n) is 16.7. The molecule has 7 heteroatoms. The van der Waals surface area contributed by atoms with Gasteiger partial charge in [-0.15, -0.1) is 0 Å². The number of benzene rings is 1. The second kappa shape index (κ2) is 8.06. The van der Waals surface area contributed by atoms with Crippen LogP contribution in [0.1, 0.15) is 30.6 Å². The van der Waals surface area contributed by atoms with Crippen LogP contribution in [0.15, 0.2) is 29.2 Å². The highest BCUT2D eigenvalue weighted by Gasteiger charge is 2.20. The molecule has 0 aliphatic rings. The SMILES string of the molecule is CC[C@H](COC)n1c(=O)c(C)nc2c(-c3cc(F)c(OC)cc3C)ccnc21. The fourth-order valence-corrected chi connectivity index (χ4v) is 3.44. The minimum absolute atomic E-state index is 0.168. The van der Waals surface area contributed by atoms with Crippen LogP contribution in [0.3, 0.4) is 0 Å². The number of pyridine rings is 1. The summed E-state index contributed by atoms with van der Waals surface area (Å²) in [4.78, 5) is 21.8. The number of nitrogens with zero attached hydrogens (tertiary/aromatic N) is 3. The molecule has 0 bridgehead atoms. The van der Waals surface area contributed by atoms with E-state index in [1.54, 1.807) is 36.9 Å². The number of aromatic nitrogens is 3. The van der Waals surface area contributed by atoms with Crippen molar-refractivity contribution in [3.8, 4) is 16.9 Å². The molecule has 0 saturated heterocycles. The molecule has 28 heavy (non-hydrogen) atoms. The third-order valence-electron chi connectivity index (χ3n) is 4.93. The van der Waals surface area contributed by atoms with E-state index in [2.05, 4.69) is 9.97 Å². The summed E-state index contributed by atoms with van der Waals surface area (Å²) in [6.07, 6.45) is 2.32. The number of ether oxygens (including phenoxy) is 2. The molecule has 2 aromatic heterocycles. The smallest absolute Gasteiger partial charge is 0.273 e. The first-order chi connectivity index (χ1) is 13.4. The molecule has 2 heterocycles. The highest BCUT2D eigenvalue weighted by atomic mass is 19.1. The standard InChI is InChI=1S/C21H24FN3O3/c1-6-14(11-27-4)25-20-19(24-13(3)21(25)26)15(7-8-23-20)16-10-17(22)18(28-5)9-12(16)2/h7-10,14H,6,11H2,1-5H3/t14-/m1/s1. The van der Waals surface area contributed by atoms with E-state index in [0.717, 1.165) is 5.56 Å². The zero-order valence-corrected chi connectivity index (χ0v) is 16.7. The lowest BCUT2D eigenvalue weighted by Gasteiger charge is -2.20. The number of hydrogen-bond donors (Lipinski definition) is 0. The molecule has 0 aliphatic carbocycles. The van der Waals surface area contributed by atoms with Crippen molar-refractivity contribution in [2.75, 3.05) is 20.8 Å². The predicted octanol–water partition coefficient (Wildman–Crippen LogP) is 3.82. The topological polar surface area (TPSA) is 66.2 Å². The van der Waals surface area contributed by atoms with Crippen LogP contribution in [0.25, 0.3) is 22.3 Å². The zero-order chi connectivity index (χ0) is 20.4. The molecular formula is C21H24FN3O3. The third-order valence-corrected chi connectivity index (χ3v) is 4.93. The number of hydrogen-bond acceptors (Lipinski definition) is 5. The molecule has 0 amide bonds. The van der Waals surface area contributed by atoms with Gasteiger partial charge in [-0.05, 0) is 49.6 Å². The van der Waals surface area contributed by atoms with Crippen LogP contribution in [0.5, 0.6) is 5.75 Å². The molecule has 0 fully saturated rings. The number of rotatable bonds is 6. The minimum Gasteiger partial charge on any atom is -0.494 e.